The van der Waals surface area contributed by atoms with Crippen molar-refractivity contribution in [2.75, 3.05) is 18.4 Å². The topological polar surface area (TPSA) is 15.3 Å². The standard InChI is InChI=1S/C13H17BrF2N2/c1-8(2)18-4-3-10(7-18)17-13-11(15)5-9(14)6-12(13)16/h5-6,8,10,17H,3-4,7H2,1-2H3. The van der Waals surface area contributed by atoms with E-state index in [4.69, 9.17) is 0 Å². The molecule has 0 amide bonds. The van der Waals surface area contributed by atoms with Crippen molar-refractivity contribution in [2.45, 2.75) is 32.4 Å². The Kier molecular flexibility index (Phi) is 4.22. The lowest BCUT2D eigenvalue weighted by Gasteiger charge is -2.21. The summed E-state index contributed by atoms with van der Waals surface area (Å²) >= 11 is 3.07. The Morgan fingerprint density at radius 2 is 1.94 bits per heavy atom. The lowest BCUT2D eigenvalue weighted by molar-refractivity contribution is 0.274. The third-order valence-corrected chi connectivity index (χ3v) is 3.76. The molecule has 1 saturated heterocycles. The minimum absolute atomic E-state index is 0.0196. The Morgan fingerprint density at radius 3 is 2.44 bits per heavy atom. The molecular weight excluding hydrogens is 302 g/mol. The van der Waals surface area contributed by atoms with Gasteiger partial charge in [-0.1, -0.05) is 15.9 Å². The first-order chi connectivity index (χ1) is 8.47. The second-order valence-electron chi connectivity index (χ2n) is 4.96. The molecule has 2 nitrogen and oxygen atoms in total. The van der Waals surface area contributed by atoms with Gasteiger partial charge >= 0.3 is 0 Å². The van der Waals surface area contributed by atoms with E-state index in [1.807, 2.05) is 0 Å². The molecule has 1 unspecified atom stereocenters. The molecule has 0 radical (unpaired) electrons. The highest BCUT2D eigenvalue weighted by molar-refractivity contribution is 9.10. The fraction of sp³-hybridized carbons (Fsp3) is 0.538. The monoisotopic (exact) mass is 318 g/mol. The van der Waals surface area contributed by atoms with E-state index >= 15 is 0 Å². The Bertz CT molecular complexity index is 414. The molecule has 1 aromatic rings. The van der Waals surface area contributed by atoms with E-state index in [-0.39, 0.29) is 11.7 Å². The van der Waals surface area contributed by atoms with Gasteiger partial charge in [-0.25, -0.2) is 8.78 Å². The van der Waals surface area contributed by atoms with Gasteiger partial charge in [0, 0.05) is 29.6 Å². The summed E-state index contributed by atoms with van der Waals surface area (Å²) in [5.74, 6) is -1.10. The summed E-state index contributed by atoms with van der Waals surface area (Å²) in [4.78, 5) is 2.30. The van der Waals surface area contributed by atoms with E-state index in [0.717, 1.165) is 19.5 Å². The zero-order valence-electron chi connectivity index (χ0n) is 10.5. The second-order valence-corrected chi connectivity index (χ2v) is 5.88. The van der Waals surface area contributed by atoms with Gasteiger partial charge in [-0.05, 0) is 32.4 Å². The van der Waals surface area contributed by atoms with Crippen molar-refractivity contribution in [3.63, 3.8) is 0 Å². The summed E-state index contributed by atoms with van der Waals surface area (Å²) in [6.07, 6.45) is 0.910. The van der Waals surface area contributed by atoms with Gasteiger partial charge in [-0.15, -0.1) is 0 Å². The second kappa shape index (κ2) is 5.53. The molecule has 1 N–H and O–H groups in total. The van der Waals surface area contributed by atoms with Crippen molar-refractivity contribution in [2.24, 2.45) is 0 Å². The van der Waals surface area contributed by atoms with Gasteiger partial charge in [-0.2, -0.15) is 0 Å². The number of hydrogen-bond acceptors (Lipinski definition) is 2. The SMILES string of the molecule is CC(C)N1CCC(Nc2c(F)cc(Br)cc2F)C1. The van der Waals surface area contributed by atoms with Crippen molar-refractivity contribution in [3.05, 3.63) is 28.2 Å². The van der Waals surface area contributed by atoms with Gasteiger partial charge in [0.25, 0.3) is 0 Å². The minimum Gasteiger partial charge on any atom is -0.376 e. The number of hydrogen-bond donors (Lipinski definition) is 1. The molecule has 1 heterocycles. The first-order valence-corrected chi connectivity index (χ1v) is 6.92. The first kappa shape index (κ1) is 13.7. The summed E-state index contributed by atoms with van der Waals surface area (Å²) in [6.45, 7) is 6.05. The lowest BCUT2D eigenvalue weighted by atomic mass is 10.2. The molecular formula is C13H17BrF2N2. The Balaban J connectivity index is 2.07. The molecule has 0 bridgehead atoms. The predicted molar refractivity (Wildman–Crippen MR) is 72.8 cm³/mol. The smallest absolute Gasteiger partial charge is 0.150 e. The highest BCUT2D eigenvalue weighted by atomic mass is 79.9. The van der Waals surface area contributed by atoms with Crippen molar-refractivity contribution in [3.8, 4) is 0 Å². The molecule has 1 fully saturated rings. The van der Waals surface area contributed by atoms with Gasteiger partial charge < -0.3 is 5.32 Å². The zero-order chi connectivity index (χ0) is 13.3. The Morgan fingerprint density at radius 1 is 1.33 bits per heavy atom. The van der Waals surface area contributed by atoms with Crippen LogP contribution in [0.25, 0.3) is 0 Å². The molecule has 100 valence electrons. The van der Waals surface area contributed by atoms with E-state index in [9.17, 15) is 8.78 Å². The average Bonchev–Trinajstić information content (AvgIpc) is 2.71. The number of anilines is 1. The Hall–Kier alpha value is -0.680. The van der Waals surface area contributed by atoms with E-state index in [0.29, 0.717) is 10.5 Å². The van der Waals surface area contributed by atoms with Crippen molar-refractivity contribution in [1.29, 1.82) is 0 Å². The highest BCUT2D eigenvalue weighted by Crippen LogP contribution is 2.26. The van der Waals surface area contributed by atoms with Crippen LogP contribution in [0.15, 0.2) is 16.6 Å². The van der Waals surface area contributed by atoms with Crippen LogP contribution in [0.1, 0.15) is 20.3 Å². The number of rotatable bonds is 3. The van der Waals surface area contributed by atoms with Crippen LogP contribution in [0.2, 0.25) is 0 Å². The van der Waals surface area contributed by atoms with Gasteiger partial charge in [0.05, 0.1) is 0 Å². The average molecular weight is 319 g/mol. The molecule has 0 spiro atoms. The molecule has 1 aromatic carbocycles. The quantitative estimate of drug-likeness (QED) is 0.915. The maximum Gasteiger partial charge on any atom is 0.150 e. The van der Waals surface area contributed by atoms with E-state index in [1.165, 1.54) is 12.1 Å². The van der Waals surface area contributed by atoms with Gasteiger partial charge in [0.2, 0.25) is 0 Å². The number of likely N-dealkylation sites (tertiary alicyclic amines) is 1. The molecule has 1 atom stereocenters. The molecule has 2 rings (SSSR count). The van der Waals surface area contributed by atoms with E-state index in [1.54, 1.807) is 0 Å². The maximum absolute atomic E-state index is 13.7. The predicted octanol–water partition coefficient (Wildman–Crippen LogP) is 3.62. The minimum atomic E-state index is -0.551. The van der Waals surface area contributed by atoms with E-state index < -0.39 is 11.6 Å². The van der Waals surface area contributed by atoms with Gasteiger partial charge in [0.1, 0.15) is 17.3 Å². The van der Waals surface area contributed by atoms with Crippen LogP contribution in [-0.2, 0) is 0 Å². The molecule has 1 aliphatic heterocycles. The van der Waals surface area contributed by atoms with Crippen LogP contribution in [0.5, 0.6) is 0 Å². The normalized spacial score (nSPS) is 20.7. The maximum atomic E-state index is 13.7. The Labute approximate surface area is 114 Å². The number of halogens is 3. The lowest BCUT2D eigenvalue weighted by Crippen LogP contribution is -2.31. The molecule has 1 aliphatic rings. The van der Waals surface area contributed by atoms with Gasteiger partial charge in [-0.3, -0.25) is 4.90 Å². The summed E-state index contributed by atoms with van der Waals surface area (Å²) in [7, 11) is 0. The van der Waals surface area contributed by atoms with E-state index in [2.05, 4.69) is 40.0 Å². The van der Waals surface area contributed by atoms with Crippen molar-refractivity contribution < 1.29 is 8.78 Å². The van der Waals surface area contributed by atoms with Crippen LogP contribution >= 0.6 is 15.9 Å². The van der Waals surface area contributed by atoms with Crippen LogP contribution in [0, 0.1) is 11.6 Å². The summed E-state index contributed by atoms with van der Waals surface area (Å²) in [5.41, 5.74) is -0.0196. The zero-order valence-corrected chi connectivity index (χ0v) is 12.1. The first-order valence-electron chi connectivity index (χ1n) is 6.12. The summed E-state index contributed by atoms with van der Waals surface area (Å²) < 4.78 is 27.8. The van der Waals surface area contributed by atoms with Crippen molar-refractivity contribution >= 4 is 21.6 Å². The highest BCUT2D eigenvalue weighted by Gasteiger charge is 2.25. The molecule has 5 heteroatoms. The van der Waals surface area contributed by atoms with Crippen LogP contribution in [-0.4, -0.2) is 30.1 Å². The number of benzene rings is 1. The van der Waals surface area contributed by atoms with Crippen LogP contribution in [0.3, 0.4) is 0 Å². The molecule has 18 heavy (non-hydrogen) atoms. The largest absolute Gasteiger partial charge is 0.376 e. The summed E-state index contributed by atoms with van der Waals surface area (Å²) in [5, 5.41) is 2.98. The summed E-state index contributed by atoms with van der Waals surface area (Å²) in [6, 6.07) is 3.13. The fourth-order valence-electron chi connectivity index (χ4n) is 2.26. The van der Waals surface area contributed by atoms with Crippen LogP contribution in [0.4, 0.5) is 14.5 Å². The number of nitrogens with one attached hydrogen (secondary N) is 1. The number of nitrogens with zero attached hydrogens (tertiary/aromatic N) is 1. The molecule has 0 aromatic heterocycles. The fourth-order valence-corrected chi connectivity index (χ4v) is 2.66. The van der Waals surface area contributed by atoms with Crippen LogP contribution < -0.4 is 5.32 Å². The van der Waals surface area contributed by atoms with Gasteiger partial charge in [0.15, 0.2) is 0 Å². The third kappa shape index (κ3) is 3.01. The molecule has 0 aliphatic carbocycles. The third-order valence-electron chi connectivity index (χ3n) is 3.31. The molecule has 0 saturated carbocycles. The van der Waals surface area contributed by atoms with Crippen molar-refractivity contribution in [1.82, 2.24) is 4.90 Å².